The van der Waals surface area contributed by atoms with Crippen LogP contribution in [0.1, 0.15) is 109 Å². The van der Waals surface area contributed by atoms with E-state index in [1.54, 1.807) is 11.8 Å². The molecule has 5 rings (SSSR count). The van der Waals surface area contributed by atoms with Crippen molar-refractivity contribution in [3.63, 3.8) is 0 Å². The monoisotopic (exact) mass is 831 g/mol. The number of rotatable bonds is 14. The summed E-state index contributed by atoms with van der Waals surface area (Å²) in [5.74, 6) is 1.06. The van der Waals surface area contributed by atoms with Gasteiger partial charge in [0.2, 0.25) is 0 Å². The normalized spacial score (nSPS) is 11.5. The van der Waals surface area contributed by atoms with Crippen LogP contribution in [0.3, 0.4) is 0 Å². The first-order valence-electron chi connectivity index (χ1n) is 19.4. The largest absolute Gasteiger partial charge is 0.508 e. The molecule has 1 aromatic heterocycles. The summed E-state index contributed by atoms with van der Waals surface area (Å²) in [4.78, 5) is 15.0. The molecule has 0 unspecified atom stereocenters. The van der Waals surface area contributed by atoms with E-state index in [0.717, 1.165) is 50.6 Å². The lowest BCUT2D eigenvalue weighted by Gasteiger charge is -2.24. The molecule has 0 atom stereocenters. The van der Waals surface area contributed by atoms with Gasteiger partial charge in [0.1, 0.15) is 46.0 Å². The Morgan fingerprint density at radius 2 is 0.914 bits per heavy atom. The number of unbranched alkanes of at least 4 members (excludes halogenated alkanes) is 5. The second kappa shape index (κ2) is 20.1. The minimum Gasteiger partial charge on any atom is -0.508 e. The quantitative estimate of drug-likeness (QED) is 0.0460. The van der Waals surface area contributed by atoms with Crippen molar-refractivity contribution in [2.75, 3.05) is 5.75 Å². The fraction of sp³-hybridized carbons (Fsp3) is 0.400. The lowest BCUT2D eigenvalue weighted by Crippen LogP contribution is -2.12. The van der Waals surface area contributed by atoms with Crippen LogP contribution >= 0.6 is 23.5 Å². The van der Waals surface area contributed by atoms with Crippen LogP contribution in [0, 0.1) is 13.8 Å². The maximum Gasteiger partial charge on any atom is 0.329 e. The summed E-state index contributed by atoms with van der Waals surface area (Å²) in [6.07, 6.45) is 7.01. The summed E-state index contributed by atoms with van der Waals surface area (Å²) in [7, 11) is 0. The van der Waals surface area contributed by atoms with Gasteiger partial charge in [-0.1, -0.05) is 104 Å². The van der Waals surface area contributed by atoms with Crippen LogP contribution in [0.15, 0.2) is 75.6 Å². The molecule has 13 heteroatoms. The van der Waals surface area contributed by atoms with E-state index >= 15 is 0 Å². The number of ether oxygens (including phenoxy) is 2. The molecule has 0 saturated heterocycles. The topological polar surface area (TPSA) is 179 Å². The number of aromatic nitrogens is 3. The third-order valence-electron chi connectivity index (χ3n) is 8.90. The van der Waals surface area contributed by atoms with E-state index in [9.17, 15) is 30.6 Å². The van der Waals surface area contributed by atoms with Gasteiger partial charge in [-0.2, -0.15) is 9.97 Å². The second-order valence-electron chi connectivity index (χ2n) is 16.2. The molecule has 6 N–H and O–H groups in total. The van der Waals surface area contributed by atoms with Gasteiger partial charge in [-0.25, -0.2) is 0 Å². The molecular formula is C45H57N3O8S2. The molecule has 0 amide bonds. The van der Waals surface area contributed by atoms with E-state index < -0.39 is 0 Å². The molecular weight excluding hydrogens is 775 g/mol. The SMILES string of the molecule is CCCCCCCCSc1nc(Oc2cc(O)cc(O)c2)nc(Oc2cc(O)cc(O)c2)n1.Cc1cc(O)c(C(C)(C)C)cc1Sc1cc(C(C)(C)C)c(O)cc1C. The van der Waals surface area contributed by atoms with Crippen molar-refractivity contribution in [1.82, 2.24) is 15.0 Å². The first-order valence-corrected chi connectivity index (χ1v) is 21.2. The maximum absolute atomic E-state index is 10.3. The Morgan fingerprint density at radius 3 is 1.31 bits per heavy atom. The average molecular weight is 832 g/mol. The predicted octanol–water partition coefficient (Wildman–Crippen LogP) is 12.2. The van der Waals surface area contributed by atoms with Crippen LogP contribution in [0.2, 0.25) is 0 Å². The molecule has 0 saturated carbocycles. The van der Waals surface area contributed by atoms with E-state index in [1.165, 1.54) is 73.8 Å². The third kappa shape index (κ3) is 13.8. The zero-order chi connectivity index (χ0) is 42.8. The average Bonchev–Trinajstić information content (AvgIpc) is 3.08. The van der Waals surface area contributed by atoms with Crippen molar-refractivity contribution in [2.45, 2.75) is 127 Å². The molecule has 0 aliphatic rings. The van der Waals surface area contributed by atoms with Gasteiger partial charge in [0.15, 0.2) is 5.16 Å². The zero-order valence-electron chi connectivity index (χ0n) is 34.9. The lowest BCUT2D eigenvalue weighted by atomic mass is 9.86. The lowest BCUT2D eigenvalue weighted by molar-refractivity contribution is 0.378. The molecule has 4 aromatic carbocycles. The van der Waals surface area contributed by atoms with E-state index in [4.69, 9.17) is 9.47 Å². The molecule has 5 aromatic rings. The van der Waals surface area contributed by atoms with Crippen LogP contribution in [-0.4, -0.2) is 51.3 Å². The number of nitrogens with zero attached hydrogens (tertiary/aromatic N) is 3. The predicted molar refractivity (Wildman–Crippen MR) is 231 cm³/mol. The van der Waals surface area contributed by atoms with Crippen molar-refractivity contribution in [2.24, 2.45) is 0 Å². The first kappa shape index (κ1) is 45.7. The van der Waals surface area contributed by atoms with Gasteiger partial charge in [-0.3, -0.25) is 0 Å². The summed E-state index contributed by atoms with van der Waals surface area (Å²) >= 11 is 3.12. The fourth-order valence-electron chi connectivity index (χ4n) is 5.87. The highest BCUT2D eigenvalue weighted by molar-refractivity contribution is 7.99. The molecule has 0 aliphatic heterocycles. The zero-order valence-corrected chi connectivity index (χ0v) is 36.5. The summed E-state index contributed by atoms with van der Waals surface area (Å²) in [5, 5.41) is 59.7. The molecule has 11 nitrogen and oxygen atoms in total. The van der Waals surface area contributed by atoms with Crippen molar-refractivity contribution < 1.29 is 40.1 Å². The first-order chi connectivity index (χ1) is 27.2. The molecule has 0 fully saturated rings. The van der Waals surface area contributed by atoms with Gasteiger partial charge in [0, 0.05) is 63.1 Å². The van der Waals surface area contributed by atoms with Gasteiger partial charge >= 0.3 is 12.0 Å². The van der Waals surface area contributed by atoms with Gasteiger partial charge in [-0.05, 0) is 66.5 Å². The Hall–Kier alpha value is -5.01. The maximum atomic E-state index is 10.3. The van der Waals surface area contributed by atoms with Crippen molar-refractivity contribution in [3.05, 3.63) is 82.9 Å². The molecule has 58 heavy (non-hydrogen) atoms. The number of phenolic OH excluding ortho intramolecular Hbond substituents is 6. The van der Waals surface area contributed by atoms with E-state index in [-0.39, 0.29) is 57.3 Å². The molecule has 0 bridgehead atoms. The summed E-state index contributed by atoms with van der Waals surface area (Å²) < 4.78 is 11.2. The second-order valence-corrected chi connectivity index (χ2v) is 18.4. The van der Waals surface area contributed by atoms with E-state index in [1.807, 2.05) is 26.0 Å². The number of thioether (sulfide) groups is 1. The molecule has 0 aliphatic carbocycles. The smallest absolute Gasteiger partial charge is 0.329 e. The molecule has 0 spiro atoms. The van der Waals surface area contributed by atoms with Gasteiger partial charge < -0.3 is 40.1 Å². The Morgan fingerprint density at radius 1 is 0.517 bits per heavy atom. The minimum absolute atomic E-state index is 0.0974. The number of phenols is 6. The Bertz CT molecular complexity index is 1990. The fourth-order valence-corrected chi connectivity index (χ4v) is 7.72. The van der Waals surface area contributed by atoms with Crippen LogP contribution in [-0.2, 0) is 10.8 Å². The van der Waals surface area contributed by atoms with Crippen molar-refractivity contribution in [3.8, 4) is 58.0 Å². The van der Waals surface area contributed by atoms with Crippen LogP contribution in [0.25, 0.3) is 0 Å². The number of benzene rings is 4. The number of hydrogen-bond donors (Lipinski definition) is 6. The van der Waals surface area contributed by atoms with Crippen molar-refractivity contribution in [1.29, 1.82) is 0 Å². The summed E-state index contributed by atoms with van der Waals surface area (Å²) in [6.45, 7) is 18.9. The molecule has 1 heterocycles. The van der Waals surface area contributed by atoms with E-state index in [0.29, 0.717) is 16.7 Å². The highest BCUT2D eigenvalue weighted by Gasteiger charge is 2.23. The Balaban J connectivity index is 0.000000267. The van der Waals surface area contributed by atoms with Crippen LogP contribution in [0.4, 0.5) is 0 Å². The molecule has 312 valence electrons. The van der Waals surface area contributed by atoms with Gasteiger partial charge in [-0.15, -0.1) is 4.98 Å². The van der Waals surface area contributed by atoms with Gasteiger partial charge in [0.25, 0.3) is 0 Å². The Kier molecular flexibility index (Phi) is 15.8. The van der Waals surface area contributed by atoms with Crippen molar-refractivity contribution >= 4 is 23.5 Å². The Labute approximate surface area is 350 Å². The van der Waals surface area contributed by atoms with Crippen LogP contribution < -0.4 is 9.47 Å². The van der Waals surface area contributed by atoms with Crippen LogP contribution in [0.5, 0.6) is 58.0 Å². The number of hydrogen-bond acceptors (Lipinski definition) is 13. The van der Waals surface area contributed by atoms with E-state index in [2.05, 4.69) is 75.6 Å². The highest BCUT2D eigenvalue weighted by atomic mass is 32.2. The minimum atomic E-state index is -0.177. The summed E-state index contributed by atoms with van der Waals surface area (Å²) in [6, 6.07) is 15.3. The van der Waals surface area contributed by atoms with Gasteiger partial charge in [0.05, 0.1) is 0 Å². The standard InChI is InChI=1S/C23H27N3O6S.C22H30O2S/c1-2-3-4-5-6-7-8-33-23-25-21(31-19-11-15(27)9-16(28)12-19)24-22(26-23)32-20-13-17(29)10-18(30)14-20;1-13-9-17(23)15(21(3,4)5)11-19(13)25-20-12-16(22(6,7)8)18(24)10-14(20)2/h9-14,27-30H,2-8H2,1H3;9-12,23-24H,1-8H3. The number of aromatic hydroxyl groups is 6. The highest BCUT2D eigenvalue weighted by Crippen LogP contribution is 2.43. The molecule has 0 radical (unpaired) electrons. The summed E-state index contributed by atoms with van der Waals surface area (Å²) in [5.41, 5.74) is 3.78. The number of aryl methyl sites for hydroxylation is 2. The third-order valence-corrected chi connectivity index (χ3v) is 11.1.